The minimum absolute atomic E-state index is 0.466. The van der Waals surface area contributed by atoms with Crippen molar-refractivity contribution >= 4 is 0 Å². The van der Waals surface area contributed by atoms with Crippen molar-refractivity contribution in [2.75, 3.05) is 0 Å². The van der Waals surface area contributed by atoms with Crippen LogP contribution in [-0.2, 0) is 0 Å². The smallest absolute Gasteiger partial charge is 0.00743 e. The highest BCUT2D eigenvalue weighted by Crippen LogP contribution is 2.49. The third kappa shape index (κ3) is 1.59. The molecule has 0 saturated heterocycles. The highest BCUT2D eigenvalue weighted by atomic mass is 14.8. The molecule has 14 heavy (non-hydrogen) atoms. The molecule has 0 bridgehead atoms. The monoisotopic (exact) mass is 194 g/mol. The molecule has 3 rings (SSSR count). The summed E-state index contributed by atoms with van der Waals surface area (Å²) < 4.78 is 0. The molecule has 3 aliphatic carbocycles. The van der Waals surface area contributed by atoms with Crippen LogP contribution in [0.4, 0.5) is 0 Å². The van der Waals surface area contributed by atoms with Crippen molar-refractivity contribution < 1.29 is 0 Å². The Labute approximate surface area is 86.4 Å². The maximum atomic E-state index is 6.28. The Bertz CT molecular complexity index is 224. The van der Waals surface area contributed by atoms with Gasteiger partial charge in [0, 0.05) is 12.1 Å². The van der Waals surface area contributed by atoms with Gasteiger partial charge in [-0.3, -0.25) is 0 Å². The third-order valence-corrected chi connectivity index (χ3v) is 4.73. The van der Waals surface area contributed by atoms with Crippen molar-refractivity contribution in [2.24, 2.45) is 35.1 Å². The van der Waals surface area contributed by atoms with Gasteiger partial charge in [0.2, 0.25) is 0 Å². The first-order chi connectivity index (χ1) is 6.75. The number of hydrogen-bond acceptors (Lipinski definition) is 2. The highest BCUT2D eigenvalue weighted by molar-refractivity contribution is 5.01. The Morgan fingerprint density at radius 3 is 1.79 bits per heavy atom. The largest absolute Gasteiger partial charge is 0.327 e. The minimum Gasteiger partial charge on any atom is -0.327 e. The Hall–Kier alpha value is -0.0800. The van der Waals surface area contributed by atoms with Crippen molar-refractivity contribution in [3.63, 3.8) is 0 Å². The molecule has 0 radical (unpaired) electrons. The first-order valence-electron chi connectivity index (χ1n) is 6.27. The molecular weight excluding hydrogens is 172 g/mol. The second-order valence-electron chi connectivity index (χ2n) is 5.80. The lowest BCUT2D eigenvalue weighted by atomic mass is 9.74. The Balaban J connectivity index is 1.57. The van der Waals surface area contributed by atoms with Crippen molar-refractivity contribution in [3.05, 3.63) is 0 Å². The second kappa shape index (κ2) is 3.21. The Morgan fingerprint density at radius 1 is 0.643 bits per heavy atom. The van der Waals surface area contributed by atoms with E-state index in [2.05, 4.69) is 0 Å². The molecule has 0 amide bonds. The first kappa shape index (κ1) is 9.17. The van der Waals surface area contributed by atoms with Crippen molar-refractivity contribution in [2.45, 2.75) is 50.6 Å². The molecule has 0 heterocycles. The van der Waals surface area contributed by atoms with Crippen LogP contribution < -0.4 is 11.5 Å². The van der Waals surface area contributed by atoms with E-state index in [1.54, 1.807) is 0 Å². The quantitative estimate of drug-likeness (QED) is 0.699. The summed E-state index contributed by atoms with van der Waals surface area (Å²) in [5.74, 6) is 3.57. The maximum absolute atomic E-state index is 6.28. The van der Waals surface area contributed by atoms with E-state index in [0.29, 0.717) is 12.1 Å². The Kier molecular flexibility index (Phi) is 2.10. The lowest BCUT2D eigenvalue weighted by Crippen LogP contribution is -2.39. The third-order valence-electron chi connectivity index (χ3n) is 4.73. The predicted octanol–water partition coefficient (Wildman–Crippen LogP) is 1.49. The molecule has 0 spiro atoms. The fourth-order valence-electron chi connectivity index (χ4n) is 3.52. The summed E-state index contributed by atoms with van der Waals surface area (Å²) in [6.45, 7) is 0. The van der Waals surface area contributed by atoms with Crippen LogP contribution in [-0.4, -0.2) is 12.1 Å². The standard InChI is InChI=1S/C12H22N2/c13-11-5-8(7-1-2-7)3-4-9(11)10-6-12(10)14/h7-12H,1-6,13-14H2. The fourth-order valence-corrected chi connectivity index (χ4v) is 3.52. The zero-order chi connectivity index (χ0) is 9.71. The maximum Gasteiger partial charge on any atom is 0.00743 e. The number of hydrogen-bond donors (Lipinski definition) is 2. The molecule has 2 nitrogen and oxygen atoms in total. The van der Waals surface area contributed by atoms with Crippen LogP contribution in [0, 0.1) is 23.7 Å². The summed E-state index contributed by atoms with van der Waals surface area (Å²) in [6.07, 6.45) is 8.29. The molecule has 5 atom stereocenters. The predicted molar refractivity (Wildman–Crippen MR) is 57.6 cm³/mol. The van der Waals surface area contributed by atoms with Gasteiger partial charge in [0.05, 0.1) is 0 Å². The lowest BCUT2D eigenvalue weighted by Gasteiger charge is -2.34. The molecule has 0 aliphatic heterocycles. The van der Waals surface area contributed by atoms with Gasteiger partial charge < -0.3 is 11.5 Å². The zero-order valence-electron chi connectivity index (χ0n) is 8.86. The average molecular weight is 194 g/mol. The van der Waals surface area contributed by atoms with E-state index >= 15 is 0 Å². The second-order valence-corrected chi connectivity index (χ2v) is 5.80. The van der Waals surface area contributed by atoms with Gasteiger partial charge in [0.1, 0.15) is 0 Å². The summed E-state index contributed by atoms with van der Waals surface area (Å²) >= 11 is 0. The van der Waals surface area contributed by atoms with Gasteiger partial charge in [-0.1, -0.05) is 0 Å². The van der Waals surface area contributed by atoms with Crippen molar-refractivity contribution in [3.8, 4) is 0 Å². The molecule has 3 aliphatic rings. The first-order valence-corrected chi connectivity index (χ1v) is 6.27. The minimum atomic E-state index is 0.466. The van der Waals surface area contributed by atoms with E-state index in [1.807, 2.05) is 0 Å². The molecule has 2 heteroatoms. The normalized spacial score (nSPS) is 53.1. The van der Waals surface area contributed by atoms with Crippen molar-refractivity contribution in [1.82, 2.24) is 0 Å². The summed E-state index contributed by atoms with van der Waals surface area (Å²) in [5.41, 5.74) is 12.2. The molecular formula is C12H22N2. The van der Waals surface area contributed by atoms with Crippen LogP contribution in [0.15, 0.2) is 0 Å². The summed E-state index contributed by atoms with van der Waals surface area (Å²) in [6, 6.07) is 0.955. The van der Waals surface area contributed by atoms with Gasteiger partial charge in [-0.15, -0.1) is 0 Å². The summed E-state index contributed by atoms with van der Waals surface area (Å²) in [4.78, 5) is 0. The lowest BCUT2D eigenvalue weighted by molar-refractivity contribution is 0.198. The molecule has 0 aromatic carbocycles. The van der Waals surface area contributed by atoms with Crippen LogP contribution in [0.3, 0.4) is 0 Å². The van der Waals surface area contributed by atoms with E-state index < -0.39 is 0 Å². The SMILES string of the molecule is NC1CC(C2CC2)CCC1C1CC1N. The Morgan fingerprint density at radius 2 is 1.29 bits per heavy atom. The molecule has 80 valence electrons. The van der Waals surface area contributed by atoms with Gasteiger partial charge >= 0.3 is 0 Å². The van der Waals surface area contributed by atoms with Crippen LogP contribution in [0.2, 0.25) is 0 Å². The summed E-state index contributed by atoms with van der Waals surface area (Å²) in [5, 5.41) is 0. The molecule has 3 fully saturated rings. The summed E-state index contributed by atoms with van der Waals surface area (Å²) in [7, 11) is 0. The zero-order valence-corrected chi connectivity index (χ0v) is 8.86. The molecule has 0 aromatic heterocycles. The van der Waals surface area contributed by atoms with E-state index in [9.17, 15) is 0 Å². The molecule has 3 saturated carbocycles. The number of nitrogens with two attached hydrogens (primary N) is 2. The highest BCUT2D eigenvalue weighted by Gasteiger charge is 2.46. The van der Waals surface area contributed by atoms with E-state index in [4.69, 9.17) is 11.5 Å². The van der Waals surface area contributed by atoms with Crippen LogP contribution in [0.5, 0.6) is 0 Å². The van der Waals surface area contributed by atoms with E-state index in [-0.39, 0.29) is 0 Å². The van der Waals surface area contributed by atoms with Gasteiger partial charge in [-0.05, 0) is 62.2 Å². The fraction of sp³-hybridized carbons (Fsp3) is 1.00. The van der Waals surface area contributed by atoms with Crippen LogP contribution in [0.1, 0.15) is 38.5 Å². The van der Waals surface area contributed by atoms with Gasteiger partial charge in [0.25, 0.3) is 0 Å². The van der Waals surface area contributed by atoms with Gasteiger partial charge in [0.15, 0.2) is 0 Å². The van der Waals surface area contributed by atoms with Crippen LogP contribution >= 0.6 is 0 Å². The molecule has 5 unspecified atom stereocenters. The average Bonchev–Trinajstić information content (AvgIpc) is 2.99. The van der Waals surface area contributed by atoms with Crippen LogP contribution in [0.25, 0.3) is 0 Å². The van der Waals surface area contributed by atoms with Crippen molar-refractivity contribution in [1.29, 1.82) is 0 Å². The molecule has 4 N–H and O–H groups in total. The van der Waals surface area contributed by atoms with Gasteiger partial charge in [-0.2, -0.15) is 0 Å². The van der Waals surface area contributed by atoms with E-state index in [1.165, 1.54) is 38.5 Å². The van der Waals surface area contributed by atoms with Gasteiger partial charge in [-0.25, -0.2) is 0 Å². The number of rotatable bonds is 2. The topological polar surface area (TPSA) is 52.0 Å². The molecule has 0 aromatic rings. The van der Waals surface area contributed by atoms with E-state index in [0.717, 1.165) is 23.7 Å².